The lowest BCUT2D eigenvalue weighted by molar-refractivity contribution is -0.121. The number of nitrogens with one attached hydrogen (secondary N) is 2. The number of aromatic nitrogens is 2. The highest BCUT2D eigenvalue weighted by Crippen LogP contribution is 2.02. The molecule has 0 aliphatic rings. The van der Waals surface area contributed by atoms with Crippen LogP contribution in [0, 0.1) is 0 Å². The van der Waals surface area contributed by atoms with Gasteiger partial charge in [-0.05, 0) is 6.42 Å². The van der Waals surface area contributed by atoms with Crippen LogP contribution in [-0.2, 0) is 4.79 Å². The number of amides is 2. The average molecular weight is 224 g/mol. The van der Waals surface area contributed by atoms with Gasteiger partial charge in [-0.15, -0.1) is 0 Å². The molecule has 0 bridgehead atoms. The number of hydrogen-bond donors (Lipinski definition) is 2. The molecule has 88 valence electrons. The van der Waals surface area contributed by atoms with Gasteiger partial charge in [0.1, 0.15) is 0 Å². The molecule has 1 aromatic heterocycles. The lowest BCUT2D eigenvalue weighted by Crippen LogP contribution is -2.39. The number of hydrogen-bond acceptors (Lipinski definition) is 3. The Morgan fingerprint density at radius 3 is 2.81 bits per heavy atom. The van der Waals surface area contributed by atoms with Gasteiger partial charge in [-0.2, -0.15) is 5.10 Å². The van der Waals surface area contributed by atoms with Crippen LogP contribution in [0.5, 0.6) is 0 Å². The number of nitrogens with zero attached hydrogens (tertiary/aromatic N) is 2. The lowest BCUT2D eigenvalue weighted by Gasteiger charge is -2.20. The molecule has 0 radical (unpaired) electrons. The molecular formula is C10H16N4O2. The monoisotopic (exact) mass is 224 g/mol. The largest absolute Gasteiger partial charge is 0.358 e. The maximum Gasteiger partial charge on any atom is 0.257 e. The van der Waals surface area contributed by atoms with Crippen molar-refractivity contribution in [2.75, 3.05) is 20.1 Å². The first-order chi connectivity index (χ1) is 7.69. The lowest BCUT2D eigenvalue weighted by atomic mass is 10.3. The zero-order valence-corrected chi connectivity index (χ0v) is 9.49. The Morgan fingerprint density at radius 2 is 2.31 bits per heavy atom. The fraction of sp³-hybridized carbons (Fsp3) is 0.500. The summed E-state index contributed by atoms with van der Waals surface area (Å²) in [4.78, 5) is 24.7. The normalized spacial score (nSPS) is 9.88. The summed E-state index contributed by atoms with van der Waals surface area (Å²) in [6, 6.07) is 0. The Labute approximate surface area is 94.0 Å². The highest BCUT2D eigenvalue weighted by Gasteiger charge is 2.17. The van der Waals surface area contributed by atoms with Crippen molar-refractivity contribution in [3.8, 4) is 0 Å². The molecule has 1 heterocycles. The van der Waals surface area contributed by atoms with Gasteiger partial charge in [-0.1, -0.05) is 6.92 Å². The summed E-state index contributed by atoms with van der Waals surface area (Å²) in [5.74, 6) is -0.357. The minimum atomic E-state index is -0.181. The van der Waals surface area contributed by atoms with Gasteiger partial charge in [-0.25, -0.2) is 0 Å². The zero-order chi connectivity index (χ0) is 12.0. The Hall–Kier alpha value is -1.85. The minimum absolute atomic E-state index is 0.0777. The Bertz CT molecular complexity index is 348. The maximum atomic E-state index is 11.9. The van der Waals surface area contributed by atoms with Crippen molar-refractivity contribution in [3.05, 3.63) is 18.0 Å². The first-order valence-corrected chi connectivity index (χ1v) is 5.17. The summed E-state index contributed by atoms with van der Waals surface area (Å²) in [7, 11) is 1.55. The van der Waals surface area contributed by atoms with Crippen molar-refractivity contribution in [1.82, 2.24) is 20.4 Å². The van der Waals surface area contributed by atoms with Crippen molar-refractivity contribution in [3.63, 3.8) is 0 Å². The first kappa shape index (κ1) is 12.2. The standard InChI is InChI=1S/C10H16N4O2/c1-3-4-14(7-9(15)11-2)10(16)8-5-12-13-6-8/h5-6H,3-4,7H2,1-2H3,(H,11,15)(H,12,13). The Morgan fingerprint density at radius 1 is 1.56 bits per heavy atom. The SMILES string of the molecule is CCCN(CC(=O)NC)C(=O)c1cn[nH]c1. The highest BCUT2D eigenvalue weighted by molar-refractivity contribution is 5.96. The van der Waals surface area contributed by atoms with E-state index in [2.05, 4.69) is 15.5 Å². The van der Waals surface area contributed by atoms with Crippen LogP contribution in [0.1, 0.15) is 23.7 Å². The molecule has 0 aliphatic carbocycles. The second kappa shape index (κ2) is 5.89. The van der Waals surface area contributed by atoms with Crippen LogP contribution in [-0.4, -0.2) is 47.0 Å². The van der Waals surface area contributed by atoms with Crippen molar-refractivity contribution >= 4 is 11.8 Å². The van der Waals surface area contributed by atoms with Gasteiger partial charge in [0.05, 0.1) is 18.3 Å². The van der Waals surface area contributed by atoms with Gasteiger partial charge in [0.25, 0.3) is 5.91 Å². The van der Waals surface area contributed by atoms with Gasteiger partial charge in [-0.3, -0.25) is 14.7 Å². The maximum absolute atomic E-state index is 11.9. The zero-order valence-electron chi connectivity index (χ0n) is 9.49. The number of aromatic amines is 1. The van der Waals surface area contributed by atoms with E-state index >= 15 is 0 Å². The predicted molar refractivity (Wildman–Crippen MR) is 58.8 cm³/mol. The fourth-order valence-corrected chi connectivity index (χ4v) is 1.33. The molecule has 0 saturated heterocycles. The van der Waals surface area contributed by atoms with Crippen molar-refractivity contribution < 1.29 is 9.59 Å². The second-order valence-corrected chi connectivity index (χ2v) is 3.39. The van der Waals surface area contributed by atoms with Gasteiger partial charge < -0.3 is 10.2 Å². The number of carbonyl (C=O) groups excluding carboxylic acids is 2. The van der Waals surface area contributed by atoms with Crippen LogP contribution in [0.3, 0.4) is 0 Å². The van der Waals surface area contributed by atoms with E-state index in [1.165, 1.54) is 17.3 Å². The van der Waals surface area contributed by atoms with Crippen LogP contribution in [0.15, 0.2) is 12.4 Å². The highest BCUT2D eigenvalue weighted by atomic mass is 16.2. The molecular weight excluding hydrogens is 208 g/mol. The summed E-state index contributed by atoms with van der Waals surface area (Å²) in [6.07, 6.45) is 3.78. The molecule has 2 N–H and O–H groups in total. The molecule has 0 fully saturated rings. The summed E-state index contributed by atoms with van der Waals surface area (Å²) in [5, 5.41) is 8.79. The number of likely N-dealkylation sites (N-methyl/N-ethyl adjacent to an activating group) is 1. The molecule has 2 amide bonds. The third-order valence-corrected chi connectivity index (χ3v) is 2.14. The second-order valence-electron chi connectivity index (χ2n) is 3.39. The summed E-state index contributed by atoms with van der Waals surface area (Å²) < 4.78 is 0. The van der Waals surface area contributed by atoms with Gasteiger partial charge in [0.2, 0.25) is 5.91 Å². The fourth-order valence-electron chi connectivity index (χ4n) is 1.33. The third kappa shape index (κ3) is 3.08. The van der Waals surface area contributed by atoms with Crippen molar-refractivity contribution in [1.29, 1.82) is 0 Å². The first-order valence-electron chi connectivity index (χ1n) is 5.17. The number of rotatable bonds is 5. The van der Waals surface area contributed by atoms with Crippen LogP contribution in [0.4, 0.5) is 0 Å². The van der Waals surface area contributed by atoms with Crippen LogP contribution >= 0.6 is 0 Å². The van der Waals surface area contributed by atoms with E-state index in [-0.39, 0.29) is 18.4 Å². The number of carbonyl (C=O) groups is 2. The molecule has 6 heteroatoms. The smallest absolute Gasteiger partial charge is 0.257 e. The minimum Gasteiger partial charge on any atom is -0.358 e. The topological polar surface area (TPSA) is 78.1 Å². The molecule has 6 nitrogen and oxygen atoms in total. The van der Waals surface area contributed by atoms with Crippen LogP contribution < -0.4 is 5.32 Å². The van der Waals surface area contributed by atoms with E-state index in [9.17, 15) is 9.59 Å². The molecule has 1 aromatic rings. The molecule has 0 aromatic carbocycles. The average Bonchev–Trinajstić information content (AvgIpc) is 2.80. The summed E-state index contributed by atoms with van der Waals surface area (Å²) >= 11 is 0. The van der Waals surface area contributed by atoms with Crippen molar-refractivity contribution in [2.45, 2.75) is 13.3 Å². The van der Waals surface area contributed by atoms with Gasteiger partial charge in [0.15, 0.2) is 0 Å². The molecule has 1 rings (SSSR count). The Balaban J connectivity index is 2.69. The third-order valence-electron chi connectivity index (χ3n) is 2.14. The predicted octanol–water partition coefficient (Wildman–Crippen LogP) is 0.00790. The number of H-pyrrole nitrogens is 1. The molecule has 0 unspecified atom stereocenters. The quantitative estimate of drug-likeness (QED) is 0.739. The molecule has 0 spiro atoms. The Kier molecular flexibility index (Phi) is 4.50. The van der Waals surface area contributed by atoms with Crippen molar-refractivity contribution in [2.24, 2.45) is 0 Å². The van der Waals surface area contributed by atoms with Gasteiger partial charge >= 0.3 is 0 Å². The molecule has 16 heavy (non-hydrogen) atoms. The van der Waals surface area contributed by atoms with Crippen LogP contribution in [0.2, 0.25) is 0 Å². The van der Waals surface area contributed by atoms with E-state index in [4.69, 9.17) is 0 Å². The van der Waals surface area contributed by atoms with E-state index in [1.807, 2.05) is 6.92 Å². The van der Waals surface area contributed by atoms with Gasteiger partial charge in [0, 0.05) is 19.8 Å². The molecule has 0 aliphatic heterocycles. The molecule has 0 saturated carbocycles. The molecule has 0 atom stereocenters. The summed E-state index contributed by atoms with van der Waals surface area (Å²) in [6.45, 7) is 2.59. The van der Waals surface area contributed by atoms with E-state index in [0.717, 1.165) is 6.42 Å². The van der Waals surface area contributed by atoms with Crippen LogP contribution in [0.25, 0.3) is 0 Å². The van der Waals surface area contributed by atoms with E-state index in [0.29, 0.717) is 12.1 Å². The van der Waals surface area contributed by atoms with E-state index in [1.54, 1.807) is 7.05 Å². The summed E-state index contributed by atoms with van der Waals surface area (Å²) in [5.41, 5.74) is 0.470. The van der Waals surface area contributed by atoms with E-state index < -0.39 is 0 Å².